The molecule has 2 aromatic rings. The summed E-state index contributed by atoms with van der Waals surface area (Å²) in [6.45, 7) is -0.0214. The summed E-state index contributed by atoms with van der Waals surface area (Å²) in [6, 6.07) is 8.83. The lowest BCUT2D eigenvalue weighted by molar-refractivity contribution is 0.294. The van der Waals surface area contributed by atoms with Gasteiger partial charge in [-0.05, 0) is 18.2 Å². The molecule has 19 heavy (non-hydrogen) atoms. The molecule has 100 valence electrons. The number of ether oxygens (including phenoxy) is 2. The number of halogens is 2. The molecule has 0 aliphatic carbocycles. The highest BCUT2D eigenvalue weighted by Gasteiger charge is 2.09. The van der Waals surface area contributed by atoms with E-state index in [0.717, 1.165) is 6.07 Å². The Balaban J connectivity index is 2.12. The van der Waals surface area contributed by atoms with Crippen LogP contribution in [-0.4, -0.2) is 7.11 Å². The van der Waals surface area contributed by atoms with Crippen molar-refractivity contribution < 1.29 is 18.3 Å². The van der Waals surface area contributed by atoms with E-state index in [2.05, 4.69) is 0 Å². The van der Waals surface area contributed by atoms with Gasteiger partial charge in [0.2, 0.25) is 0 Å². The summed E-state index contributed by atoms with van der Waals surface area (Å²) in [7, 11) is 1.39. The van der Waals surface area contributed by atoms with Gasteiger partial charge in [-0.3, -0.25) is 0 Å². The van der Waals surface area contributed by atoms with Gasteiger partial charge in [0.15, 0.2) is 11.6 Å². The summed E-state index contributed by atoms with van der Waals surface area (Å²) in [5.74, 6) is -0.622. The highest BCUT2D eigenvalue weighted by atomic mass is 19.1. The van der Waals surface area contributed by atoms with E-state index in [1.54, 1.807) is 12.1 Å². The van der Waals surface area contributed by atoms with Gasteiger partial charge < -0.3 is 15.2 Å². The van der Waals surface area contributed by atoms with E-state index in [1.165, 1.54) is 25.3 Å². The average Bonchev–Trinajstić information content (AvgIpc) is 2.41. The Hall–Kier alpha value is -2.30. The van der Waals surface area contributed by atoms with Crippen LogP contribution in [0.25, 0.3) is 0 Å². The fourth-order valence-electron chi connectivity index (χ4n) is 1.58. The highest BCUT2D eigenvalue weighted by molar-refractivity contribution is 5.43. The van der Waals surface area contributed by atoms with Gasteiger partial charge in [-0.15, -0.1) is 0 Å². The minimum atomic E-state index is -0.566. The first kappa shape index (κ1) is 13.1. The van der Waals surface area contributed by atoms with Crippen LogP contribution in [0.4, 0.5) is 14.5 Å². The second kappa shape index (κ2) is 5.56. The average molecular weight is 265 g/mol. The van der Waals surface area contributed by atoms with E-state index in [1.807, 2.05) is 0 Å². The number of rotatable bonds is 4. The lowest BCUT2D eigenvalue weighted by Crippen LogP contribution is -2.01. The standard InChI is InChI=1S/C14H13F2NO2/c1-18-13-4-2-3-9(14(13)16)8-19-10-5-6-12(17)11(15)7-10/h2-7H,8,17H2,1H3. The smallest absolute Gasteiger partial charge is 0.171 e. The Labute approximate surface area is 109 Å². The van der Waals surface area contributed by atoms with Crippen LogP contribution in [0.5, 0.6) is 11.5 Å². The zero-order valence-electron chi connectivity index (χ0n) is 10.3. The third kappa shape index (κ3) is 2.93. The molecule has 0 fully saturated rings. The number of methoxy groups -OCH3 is 1. The first-order chi connectivity index (χ1) is 9.11. The number of nitrogens with two attached hydrogens (primary N) is 1. The van der Waals surface area contributed by atoms with E-state index < -0.39 is 11.6 Å². The molecule has 2 aromatic carbocycles. The predicted molar refractivity (Wildman–Crippen MR) is 68.1 cm³/mol. The molecule has 0 unspecified atom stereocenters. The van der Waals surface area contributed by atoms with E-state index in [9.17, 15) is 8.78 Å². The molecule has 2 rings (SSSR count). The van der Waals surface area contributed by atoms with Gasteiger partial charge in [0.1, 0.15) is 18.2 Å². The lowest BCUT2D eigenvalue weighted by Gasteiger charge is -2.09. The van der Waals surface area contributed by atoms with Crippen molar-refractivity contribution in [3.05, 3.63) is 53.6 Å². The molecule has 0 amide bonds. The maximum atomic E-state index is 13.8. The van der Waals surface area contributed by atoms with Gasteiger partial charge >= 0.3 is 0 Å². The van der Waals surface area contributed by atoms with Crippen molar-refractivity contribution in [1.82, 2.24) is 0 Å². The summed E-state index contributed by atoms with van der Waals surface area (Å²) in [5, 5.41) is 0. The predicted octanol–water partition coefficient (Wildman–Crippen LogP) is 3.13. The fourth-order valence-corrected chi connectivity index (χ4v) is 1.58. The molecule has 0 bridgehead atoms. The van der Waals surface area contributed by atoms with Crippen molar-refractivity contribution in [3.8, 4) is 11.5 Å². The van der Waals surface area contributed by atoms with Crippen molar-refractivity contribution >= 4 is 5.69 Å². The Morgan fingerprint density at radius 2 is 1.95 bits per heavy atom. The van der Waals surface area contributed by atoms with Gasteiger partial charge in [0.25, 0.3) is 0 Å². The van der Waals surface area contributed by atoms with Crippen molar-refractivity contribution in [3.63, 3.8) is 0 Å². The van der Waals surface area contributed by atoms with Crippen LogP contribution in [0, 0.1) is 11.6 Å². The molecule has 2 N–H and O–H groups in total. The molecule has 0 saturated heterocycles. The van der Waals surface area contributed by atoms with Crippen LogP contribution in [0.15, 0.2) is 36.4 Å². The van der Waals surface area contributed by atoms with E-state index in [-0.39, 0.29) is 23.8 Å². The molecule has 5 heteroatoms. The van der Waals surface area contributed by atoms with Crippen LogP contribution in [0.1, 0.15) is 5.56 Å². The fraction of sp³-hybridized carbons (Fsp3) is 0.143. The maximum absolute atomic E-state index is 13.8. The Morgan fingerprint density at radius 1 is 1.16 bits per heavy atom. The topological polar surface area (TPSA) is 44.5 Å². The van der Waals surface area contributed by atoms with E-state index in [0.29, 0.717) is 5.56 Å². The maximum Gasteiger partial charge on any atom is 0.171 e. The van der Waals surface area contributed by atoms with Crippen LogP contribution >= 0.6 is 0 Å². The van der Waals surface area contributed by atoms with Crippen LogP contribution in [0.3, 0.4) is 0 Å². The Morgan fingerprint density at radius 3 is 2.63 bits per heavy atom. The third-order valence-electron chi connectivity index (χ3n) is 2.63. The van der Waals surface area contributed by atoms with E-state index >= 15 is 0 Å². The van der Waals surface area contributed by atoms with Gasteiger partial charge in [0.05, 0.1) is 12.8 Å². The second-order valence-corrected chi connectivity index (χ2v) is 3.91. The molecule has 0 heterocycles. The zero-order valence-corrected chi connectivity index (χ0v) is 10.3. The van der Waals surface area contributed by atoms with Crippen LogP contribution in [0.2, 0.25) is 0 Å². The number of anilines is 1. The summed E-state index contributed by atoms with van der Waals surface area (Å²) < 4.78 is 37.2. The molecule has 0 radical (unpaired) electrons. The van der Waals surface area contributed by atoms with Gasteiger partial charge in [-0.25, -0.2) is 8.78 Å². The largest absolute Gasteiger partial charge is 0.494 e. The van der Waals surface area contributed by atoms with Gasteiger partial charge in [-0.1, -0.05) is 12.1 Å². The molecule has 3 nitrogen and oxygen atoms in total. The summed E-state index contributed by atoms with van der Waals surface area (Å²) in [6.07, 6.45) is 0. The lowest BCUT2D eigenvalue weighted by atomic mass is 10.2. The van der Waals surface area contributed by atoms with E-state index in [4.69, 9.17) is 15.2 Å². The first-order valence-corrected chi connectivity index (χ1v) is 5.61. The number of nitrogen functional groups attached to an aromatic ring is 1. The van der Waals surface area contributed by atoms with Crippen LogP contribution in [-0.2, 0) is 6.61 Å². The van der Waals surface area contributed by atoms with Crippen LogP contribution < -0.4 is 15.2 Å². The second-order valence-electron chi connectivity index (χ2n) is 3.91. The van der Waals surface area contributed by atoms with Crippen molar-refractivity contribution in [1.29, 1.82) is 0 Å². The molecular weight excluding hydrogens is 252 g/mol. The van der Waals surface area contributed by atoms with Gasteiger partial charge in [0, 0.05) is 11.6 Å². The Bertz CT molecular complexity index is 588. The molecule has 0 spiro atoms. The summed E-state index contributed by atoms with van der Waals surface area (Å²) in [4.78, 5) is 0. The number of benzene rings is 2. The molecule has 0 atom stereocenters. The van der Waals surface area contributed by atoms with Crippen molar-refractivity contribution in [2.45, 2.75) is 6.61 Å². The number of hydrogen-bond donors (Lipinski definition) is 1. The zero-order chi connectivity index (χ0) is 13.8. The quantitative estimate of drug-likeness (QED) is 0.864. The van der Waals surface area contributed by atoms with Crippen molar-refractivity contribution in [2.75, 3.05) is 12.8 Å². The summed E-state index contributed by atoms with van der Waals surface area (Å²) >= 11 is 0. The minimum Gasteiger partial charge on any atom is -0.494 e. The van der Waals surface area contributed by atoms with Crippen molar-refractivity contribution in [2.24, 2.45) is 0 Å². The molecule has 0 aliphatic rings. The summed E-state index contributed by atoms with van der Waals surface area (Å²) in [5.41, 5.74) is 5.72. The monoisotopic (exact) mass is 265 g/mol. The molecule has 0 aliphatic heterocycles. The Kier molecular flexibility index (Phi) is 3.85. The third-order valence-corrected chi connectivity index (χ3v) is 2.63. The SMILES string of the molecule is COc1cccc(COc2ccc(N)c(F)c2)c1F. The highest BCUT2D eigenvalue weighted by Crippen LogP contribution is 2.23. The first-order valence-electron chi connectivity index (χ1n) is 5.61. The number of hydrogen-bond acceptors (Lipinski definition) is 3. The molecule has 0 saturated carbocycles. The normalized spacial score (nSPS) is 10.3. The minimum absolute atomic E-state index is 0.0214. The van der Waals surface area contributed by atoms with Gasteiger partial charge in [-0.2, -0.15) is 0 Å². The molecular formula is C14H13F2NO2. The molecule has 0 aromatic heterocycles.